The summed E-state index contributed by atoms with van der Waals surface area (Å²) in [6.45, 7) is 5.61. The number of aliphatic carboxylic acids is 1. The third-order valence-corrected chi connectivity index (χ3v) is 4.51. The summed E-state index contributed by atoms with van der Waals surface area (Å²) in [4.78, 5) is 22.2. The van der Waals surface area contributed by atoms with Crippen LogP contribution < -0.4 is 10.6 Å². The van der Waals surface area contributed by atoms with Crippen LogP contribution >= 0.6 is 0 Å². The van der Waals surface area contributed by atoms with Crippen molar-refractivity contribution >= 4 is 12.0 Å². The third kappa shape index (κ3) is 7.93. The highest BCUT2D eigenvalue weighted by Gasteiger charge is 2.26. The number of carbonyl (C=O) groups is 2. The van der Waals surface area contributed by atoms with E-state index in [4.69, 9.17) is 5.11 Å². The number of nitrogens with one attached hydrogen (secondary N) is 2. The van der Waals surface area contributed by atoms with Gasteiger partial charge in [-0.05, 0) is 37.0 Å². The van der Waals surface area contributed by atoms with Gasteiger partial charge in [-0.15, -0.1) is 0 Å². The van der Waals surface area contributed by atoms with Crippen molar-refractivity contribution in [3.8, 4) is 0 Å². The van der Waals surface area contributed by atoms with E-state index in [1.54, 1.807) is 0 Å². The summed E-state index contributed by atoms with van der Waals surface area (Å²) in [7, 11) is 0. The molecule has 0 bridgehead atoms. The normalized spacial score (nSPS) is 18.8. The van der Waals surface area contributed by atoms with Crippen LogP contribution in [-0.2, 0) is 4.79 Å². The van der Waals surface area contributed by atoms with Crippen LogP contribution in [0.1, 0.15) is 65.2 Å². The molecule has 0 aliphatic heterocycles. The van der Waals surface area contributed by atoms with E-state index >= 15 is 0 Å². The summed E-state index contributed by atoms with van der Waals surface area (Å²) in [5, 5.41) is 14.4. The molecule has 3 N–H and O–H groups in total. The number of amides is 2. The van der Waals surface area contributed by atoms with Gasteiger partial charge in [-0.2, -0.15) is 0 Å². The lowest BCUT2D eigenvalue weighted by Crippen LogP contribution is -2.42. The molecule has 5 heteroatoms. The maximum absolute atomic E-state index is 11.8. The quantitative estimate of drug-likeness (QED) is 0.644. The molecule has 0 aromatic carbocycles. The molecule has 0 spiro atoms. The molecular formula is C16H30N2O3. The molecule has 0 aromatic heterocycles. The van der Waals surface area contributed by atoms with Gasteiger partial charge in [0.15, 0.2) is 0 Å². The Labute approximate surface area is 127 Å². The lowest BCUT2D eigenvalue weighted by Gasteiger charge is -2.33. The molecule has 1 rings (SSSR count). The van der Waals surface area contributed by atoms with E-state index in [2.05, 4.69) is 17.6 Å². The Kier molecular flexibility index (Phi) is 7.54. The minimum absolute atomic E-state index is 0.104. The fraction of sp³-hybridized carbons (Fsp3) is 0.875. The minimum atomic E-state index is -0.756. The van der Waals surface area contributed by atoms with Crippen LogP contribution in [0, 0.1) is 11.3 Å². The van der Waals surface area contributed by atoms with Gasteiger partial charge in [-0.1, -0.05) is 33.1 Å². The fourth-order valence-electron chi connectivity index (χ4n) is 2.88. The van der Waals surface area contributed by atoms with Gasteiger partial charge < -0.3 is 15.7 Å². The number of carboxylic acids is 1. The molecule has 1 aliphatic rings. The number of hydrogen-bond acceptors (Lipinski definition) is 2. The van der Waals surface area contributed by atoms with Crippen molar-refractivity contribution in [3.05, 3.63) is 0 Å². The molecule has 0 radical (unpaired) electrons. The van der Waals surface area contributed by atoms with Gasteiger partial charge in [0.05, 0.1) is 0 Å². The monoisotopic (exact) mass is 298 g/mol. The molecule has 1 atom stereocenters. The van der Waals surface area contributed by atoms with Crippen LogP contribution in [0.25, 0.3) is 0 Å². The first kappa shape index (κ1) is 17.8. The lowest BCUT2D eigenvalue weighted by atomic mass is 9.76. The van der Waals surface area contributed by atoms with Crippen LogP contribution in [-0.4, -0.2) is 30.2 Å². The molecule has 1 aliphatic carbocycles. The molecule has 1 fully saturated rings. The van der Waals surface area contributed by atoms with Gasteiger partial charge in [0.2, 0.25) is 0 Å². The standard InChI is InChI=1S/C16H30N2O3/c1-13(6-7-14(19)20)8-11-17-15(21)18-12-16(2)9-4-3-5-10-16/h13H,3-12H2,1-2H3,(H,19,20)(H2,17,18,21). The van der Waals surface area contributed by atoms with Crippen molar-refractivity contribution < 1.29 is 14.7 Å². The predicted octanol–water partition coefficient (Wildman–Crippen LogP) is 3.15. The van der Waals surface area contributed by atoms with Gasteiger partial charge >= 0.3 is 12.0 Å². The molecule has 1 unspecified atom stereocenters. The SMILES string of the molecule is CC(CCNC(=O)NCC1(C)CCCCC1)CCC(=O)O. The first-order valence-electron chi connectivity index (χ1n) is 8.15. The summed E-state index contributed by atoms with van der Waals surface area (Å²) >= 11 is 0. The molecule has 0 saturated heterocycles. The van der Waals surface area contributed by atoms with Gasteiger partial charge in [0.25, 0.3) is 0 Å². The van der Waals surface area contributed by atoms with E-state index in [-0.39, 0.29) is 17.9 Å². The number of carboxylic acid groups (broad SMARTS) is 1. The predicted molar refractivity (Wildman–Crippen MR) is 83.2 cm³/mol. The number of urea groups is 1. The minimum Gasteiger partial charge on any atom is -0.481 e. The second kappa shape index (κ2) is 8.90. The van der Waals surface area contributed by atoms with E-state index in [1.807, 2.05) is 6.92 Å². The Balaban J connectivity index is 2.09. The summed E-state index contributed by atoms with van der Waals surface area (Å²) in [6, 6.07) is -0.104. The fourth-order valence-corrected chi connectivity index (χ4v) is 2.88. The summed E-state index contributed by atoms with van der Waals surface area (Å²) in [5.74, 6) is -0.439. The zero-order chi connectivity index (χ0) is 15.7. The van der Waals surface area contributed by atoms with Crippen LogP contribution in [0.4, 0.5) is 4.79 Å². The van der Waals surface area contributed by atoms with Gasteiger partial charge in [0, 0.05) is 19.5 Å². The Hall–Kier alpha value is -1.26. The van der Waals surface area contributed by atoms with Crippen LogP contribution in [0.3, 0.4) is 0 Å². The topological polar surface area (TPSA) is 78.4 Å². The van der Waals surface area contributed by atoms with Gasteiger partial charge in [-0.3, -0.25) is 4.79 Å². The highest BCUT2D eigenvalue weighted by molar-refractivity contribution is 5.73. The second-order valence-corrected chi connectivity index (χ2v) is 6.81. The molecular weight excluding hydrogens is 268 g/mol. The second-order valence-electron chi connectivity index (χ2n) is 6.81. The first-order chi connectivity index (χ1) is 9.91. The number of rotatable bonds is 8. The van der Waals surface area contributed by atoms with Crippen molar-refractivity contribution in [2.75, 3.05) is 13.1 Å². The summed E-state index contributed by atoms with van der Waals surface area (Å²) < 4.78 is 0. The van der Waals surface area contributed by atoms with Crippen molar-refractivity contribution in [2.45, 2.75) is 65.2 Å². The van der Waals surface area contributed by atoms with Crippen LogP contribution in [0.2, 0.25) is 0 Å². The largest absolute Gasteiger partial charge is 0.481 e. The average Bonchev–Trinajstić information content (AvgIpc) is 2.44. The molecule has 122 valence electrons. The van der Waals surface area contributed by atoms with E-state index in [0.29, 0.717) is 18.9 Å². The van der Waals surface area contributed by atoms with Gasteiger partial charge in [0.1, 0.15) is 0 Å². The van der Waals surface area contributed by atoms with E-state index in [1.165, 1.54) is 32.1 Å². The van der Waals surface area contributed by atoms with E-state index in [0.717, 1.165) is 13.0 Å². The Morgan fingerprint density at radius 2 is 1.81 bits per heavy atom. The molecule has 0 heterocycles. The van der Waals surface area contributed by atoms with Crippen molar-refractivity contribution in [2.24, 2.45) is 11.3 Å². The zero-order valence-electron chi connectivity index (χ0n) is 13.4. The highest BCUT2D eigenvalue weighted by atomic mass is 16.4. The van der Waals surface area contributed by atoms with Crippen molar-refractivity contribution in [1.29, 1.82) is 0 Å². The smallest absolute Gasteiger partial charge is 0.314 e. The van der Waals surface area contributed by atoms with Crippen molar-refractivity contribution in [1.82, 2.24) is 10.6 Å². The Morgan fingerprint density at radius 3 is 2.43 bits per heavy atom. The number of carbonyl (C=O) groups excluding carboxylic acids is 1. The molecule has 0 aromatic rings. The molecule has 21 heavy (non-hydrogen) atoms. The molecule has 5 nitrogen and oxygen atoms in total. The Bertz CT molecular complexity index is 338. The van der Waals surface area contributed by atoms with Gasteiger partial charge in [-0.25, -0.2) is 4.79 Å². The maximum atomic E-state index is 11.8. The highest BCUT2D eigenvalue weighted by Crippen LogP contribution is 2.34. The third-order valence-electron chi connectivity index (χ3n) is 4.51. The summed E-state index contributed by atoms with van der Waals surface area (Å²) in [6.07, 6.45) is 7.91. The van der Waals surface area contributed by atoms with Crippen LogP contribution in [0.15, 0.2) is 0 Å². The molecule has 1 saturated carbocycles. The lowest BCUT2D eigenvalue weighted by molar-refractivity contribution is -0.137. The molecule has 2 amide bonds. The zero-order valence-corrected chi connectivity index (χ0v) is 13.4. The van der Waals surface area contributed by atoms with Crippen LogP contribution in [0.5, 0.6) is 0 Å². The number of hydrogen-bond donors (Lipinski definition) is 3. The average molecular weight is 298 g/mol. The first-order valence-corrected chi connectivity index (χ1v) is 8.15. The van der Waals surface area contributed by atoms with E-state index in [9.17, 15) is 9.59 Å². The summed E-state index contributed by atoms with van der Waals surface area (Å²) in [5.41, 5.74) is 0.254. The Morgan fingerprint density at radius 1 is 1.14 bits per heavy atom. The van der Waals surface area contributed by atoms with Crippen molar-refractivity contribution in [3.63, 3.8) is 0 Å². The maximum Gasteiger partial charge on any atom is 0.314 e. The van der Waals surface area contributed by atoms with E-state index < -0.39 is 5.97 Å².